The van der Waals surface area contributed by atoms with E-state index in [9.17, 15) is 0 Å². The van der Waals surface area contributed by atoms with Crippen LogP contribution in [0.5, 0.6) is 0 Å². The molecule has 0 saturated carbocycles. The molecule has 1 N–H and O–H groups in total. The highest BCUT2D eigenvalue weighted by molar-refractivity contribution is 5.30. The van der Waals surface area contributed by atoms with Crippen molar-refractivity contribution in [1.29, 1.82) is 0 Å². The van der Waals surface area contributed by atoms with Crippen LogP contribution in [0.2, 0.25) is 0 Å². The Labute approximate surface area is 108 Å². The highest BCUT2D eigenvalue weighted by Gasteiger charge is 2.07. The summed E-state index contributed by atoms with van der Waals surface area (Å²) in [4.78, 5) is 4.51. The van der Waals surface area contributed by atoms with Gasteiger partial charge in [-0.2, -0.15) is 5.10 Å². The summed E-state index contributed by atoms with van der Waals surface area (Å²) >= 11 is 0. The Hall–Kier alpha value is -1.78. The molecule has 0 atom stereocenters. The standard InChI is InChI=1S/C13H21N5/c1-10(2)5-14-13-16-11(3)7-18(13)9-12-6-15-17(4)8-12/h6-8,10H,5,9H2,1-4H3,(H,14,16). The smallest absolute Gasteiger partial charge is 0.203 e. The lowest BCUT2D eigenvalue weighted by Crippen LogP contribution is -2.13. The topological polar surface area (TPSA) is 47.7 Å². The molecule has 2 aromatic heterocycles. The van der Waals surface area contributed by atoms with E-state index >= 15 is 0 Å². The van der Waals surface area contributed by atoms with E-state index in [4.69, 9.17) is 0 Å². The van der Waals surface area contributed by atoms with Gasteiger partial charge in [0.1, 0.15) is 0 Å². The zero-order chi connectivity index (χ0) is 13.1. The maximum Gasteiger partial charge on any atom is 0.203 e. The first-order chi connectivity index (χ1) is 8.54. The Kier molecular flexibility index (Phi) is 3.69. The maximum absolute atomic E-state index is 4.51. The fourth-order valence-electron chi connectivity index (χ4n) is 1.85. The zero-order valence-corrected chi connectivity index (χ0v) is 11.5. The van der Waals surface area contributed by atoms with Crippen molar-refractivity contribution in [3.63, 3.8) is 0 Å². The van der Waals surface area contributed by atoms with Gasteiger partial charge in [-0.1, -0.05) is 13.8 Å². The number of aromatic nitrogens is 4. The molecule has 0 spiro atoms. The van der Waals surface area contributed by atoms with Crippen LogP contribution in [0.4, 0.5) is 5.95 Å². The van der Waals surface area contributed by atoms with Crippen molar-refractivity contribution in [2.24, 2.45) is 13.0 Å². The van der Waals surface area contributed by atoms with Crippen LogP contribution in [0.3, 0.4) is 0 Å². The van der Waals surface area contributed by atoms with Crippen molar-refractivity contribution in [2.75, 3.05) is 11.9 Å². The van der Waals surface area contributed by atoms with E-state index in [1.54, 1.807) is 0 Å². The third-order valence-corrected chi connectivity index (χ3v) is 2.68. The quantitative estimate of drug-likeness (QED) is 0.879. The van der Waals surface area contributed by atoms with Gasteiger partial charge in [0.05, 0.1) is 18.4 Å². The summed E-state index contributed by atoms with van der Waals surface area (Å²) in [5.41, 5.74) is 2.22. The second kappa shape index (κ2) is 5.25. The first kappa shape index (κ1) is 12.7. The molecule has 0 amide bonds. The molecule has 0 aromatic carbocycles. The van der Waals surface area contributed by atoms with Gasteiger partial charge < -0.3 is 9.88 Å². The van der Waals surface area contributed by atoms with Crippen LogP contribution in [0.25, 0.3) is 0 Å². The Balaban J connectivity index is 2.11. The van der Waals surface area contributed by atoms with Crippen molar-refractivity contribution >= 4 is 5.95 Å². The fourth-order valence-corrected chi connectivity index (χ4v) is 1.85. The van der Waals surface area contributed by atoms with Gasteiger partial charge in [-0.15, -0.1) is 0 Å². The normalized spacial score (nSPS) is 11.2. The minimum atomic E-state index is 0.605. The van der Waals surface area contributed by atoms with Crippen molar-refractivity contribution in [3.05, 3.63) is 29.8 Å². The number of aryl methyl sites for hydroxylation is 2. The lowest BCUT2D eigenvalue weighted by atomic mass is 10.2. The average Bonchev–Trinajstić information content (AvgIpc) is 2.83. The van der Waals surface area contributed by atoms with Gasteiger partial charge >= 0.3 is 0 Å². The van der Waals surface area contributed by atoms with Crippen molar-refractivity contribution < 1.29 is 0 Å². The van der Waals surface area contributed by atoms with E-state index in [1.807, 2.05) is 31.0 Å². The predicted molar refractivity (Wildman–Crippen MR) is 72.6 cm³/mol. The number of hydrogen-bond acceptors (Lipinski definition) is 3. The third-order valence-electron chi connectivity index (χ3n) is 2.68. The van der Waals surface area contributed by atoms with E-state index in [1.165, 1.54) is 5.56 Å². The number of nitrogens with one attached hydrogen (secondary N) is 1. The van der Waals surface area contributed by atoms with Gasteiger partial charge in [0.2, 0.25) is 5.95 Å². The Morgan fingerprint density at radius 2 is 2.11 bits per heavy atom. The second-order valence-electron chi connectivity index (χ2n) is 5.13. The van der Waals surface area contributed by atoms with Gasteiger partial charge in [-0.05, 0) is 12.8 Å². The molecule has 0 aliphatic carbocycles. The van der Waals surface area contributed by atoms with Gasteiger partial charge in [-0.25, -0.2) is 4.98 Å². The first-order valence-electron chi connectivity index (χ1n) is 6.29. The second-order valence-corrected chi connectivity index (χ2v) is 5.13. The third kappa shape index (κ3) is 3.12. The van der Waals surface area contributed by atoms with Crippen molar-refractivity contribution in [2.45, 2.75) is 27.3 Å². The van der Waals surface area contributed by atoms with E-state index in [0.29, 0.717) is 5.92 Å². The molecular weight excluding hydrogens is 226 g/mol. The molecule has 0 aliphatic rings. The van der Waals surface area contributed by atoms with Crippen LogP contribution in [0, 0.1) is 12.8 Å². The molecule has 0 fully saturated rings. The summed E-state index contributed by atoms with van der Waals surface area (Å²) < 4.78 is 3.95. The van der Waals surface area contributed by atoms with Crippen LogP contribution < -0.4 is 5.32 Å². The number of anilines is 1. The highest BCUT2D eigenvalue weighted by atomic mass is 15.2. The van der Waals surface area contributed by atoms with E-state index in [2.05, 4.69) is 40.0 Å². The summed E-state index contributed by atoms with van der Waals surface area (Å²) in [5, 5.41) is 7.57. The predicted octanol–water partition coefficient (Wildman–Crippen LogP) is 2.04. The van der Waals surface area contributed by atoms with Crippen LogP contribution in [-0.2, 0) is 13.6 Å². The van der Waals surface area contributed by atoms with Crippen LogP contribution in [0.15, 0.2) is 18.6 Å². The molecule has 18 heavy (non-hydrogen) atoms. The highest BCUT2D eigenvalue weighted by Crippen LogP contribution is 2.12. The van der Waals surface area contributed by atoms with E-state index in [-0.39, 0.29) is 0 Å². The van der Waals surface area contributed by atoms with Crippen LogP contribution >= 0.6 is 0 Å². The van der Waals surface area contributed by atoms with Crippen molar-refractivity contribution in [1.82, 2.24) is 19.3 Å². The molecule has 2 rings (SSSR count). The minimum Gasteiger partial charge on any atom is -0.355 e. The van der Waals surface area contributed by atoms with Gasteiger partial charge in [-0.3, -0.25) is 4.68 Å². The minimum absolute atomic E-state index is 0.605. The summed E-state index contributed by atoms with van der Waals surface area (Å²) in [6, 6.07) is 0. The Bertz CT molecular complexity index is 509. The number of hydrogen-bond donors (Lipinski definition) is 1. The number of nitrogens with zero attached hydrogens (tertiary/aromatic N) is 4. The Morgan fingerprint density at radius 3 is 2.72 bits per heavy atom. The lowest BCUT2D eigenvalue weighted by Gasteiger charge is -2.10. The van der Waals surface area contributed by atoms with E-state index in [0.717, 1.165) is 24.7 Å². The molecular formula is C13H21N5. The maximum atomic E-state index is 4.51. The Morgan fingerprint density at radius 1 is 1.33 bits per heavy atom. The van der Waals surface area contributed by atoms with Crippen LogP contribution in [-0.4, -0.2) is 25.9 Å². The molecule has 0 saturated heterocycles. The van der Waals surface area contributed by atoms with Crippen LogP contribution in [0.1, 0.15) is 25.1 Å². The van der Waals surface area contributed by atoms with Gasteiger partial charge in [0, 0.05) is 31.5 Å². The largest absolute Gasteiger partial charge is 0.355 e. The molecule has 5 nitrogen and oxygen atoms in total. The summed E-state index contributed by atoms with van der Waals surface area (Å²) in [5.74, 6) is 1.54. The molecule has 0 aliphatic heterocycles. The fraction of sp³-hybridized carbons (Fsp3) is 0.538. The van der Waals surface area contributed by atoms with E-state index < -0.39 is 0 Å². The molecule has 2 heterocycles. The van der Waals surface area contributed by atoms with Gasteiger partial charge in [0.15, 0.2) is 0 Å². The zero-order valence-electron chi connectivity index (χ0n) is 11.5. The molecule has 0 unspecified atom stereocenters. The molecule has 0 radical (unpaired) electrons. The summed E-state index contributed by atoms with van der Waals surface area (Å²) in [6.07, 6.45) is 5.98. The molecule has 0 bridgehead atoms. The number of imidazole rings is 1. The number of rotatable bonds is 5. The average molecular weight is 247 g/mol. The van der Waals surface area contributed by atoms with Crippen molar-refractivity contribution in [3.8, 4) is 0 Å². The first-order valence-corrected chi connectivity index (χ1v) is 6.29. The molecule has 98 valence electrons. The molecule has 2 aromatic rings. The SMILES string of the molecule is Cc1cn(Cc2cnn(C)c2)c(NCC(C)C)n1. The lowest BCUT2D eigenvalue weighted by molar-refractivity contribution is 0.676. The summed E-state index contributed by atoms with van der Waals surface area (Å²) in [6.45, 7) is 8.13. The molecule has 5 heteroatoms. The summed E-state index contributed by atoms with van der Waals surface area (Å²) in [7, 11) is 1.93. The monoisotopic (exact) mass is 247 g/mol. The van der Waals surface area contributed by atoms with Gasteiger partial charge in [0.25, 0.3) is 0 Å².